The SMILES string of the molecule is COC(=O)NCN1C[C@H](C)n2nc(-c3ccc(C#N)cc3NC(=O)C(C)(C)C)cc2C1=O. The molecule has 1 aromatic carbocycles. The van der Waals surface area contributed by atoms with Crippen LogP contribution < -0.4 is 10.6 Å². The zero-order chi connectivity index (χ0) is 23.6. The van der Waals surface area contributed by atoms with E-state index in [1.54, 1.807) is 49.7 Å². The minimum Gasteiger partial charge on any atom is -0.453 e. The highest BCUT2D eigenvalue weighted by molar-refractivity contribution is 5.99. The van der Waals surface area contributed by atoms with E-state index >= 15 is 0 Å². The number of benzene rings is 1. The highest BCUT2D eigenvalue weighted by atomic mass is 16.5. The topological polar surface area (TPSA) is 129 Å². The Labute approximate surface area is 186 Å². The van der Waals surface area contributed by atoms with Crippen molar-refractivity contribution in [3.8, 4) is 17.3 Å². The molecule has 0 bridgehead atoms. The van der Waals surface area contributed by atoms with Crippen LogP contribution in [0.2, 0.25) is 0 Å². The average Bonchev–Trinajstić information content (AvgIpc) is 3.20. The van der Waals surface area contributed by atoms with E-state index < -0.39 is 11.5 Å². The third-order valence-corrected chi connectivity index (χ3v) is 5.10. The second-order valence-electron chi connectivity index (χ2n) is 8.64. The molecule has 10 heteroatoms. The van der Waals surface area contributed by atoms with Gasteiger partial charge in [-0.2, -0.15) is 10.4 Å². The lowest BCUT2D eigenvalue weighted by Gasteiger charge is -2.31. The van der Waals surface area contributed by atoms with Crippen LogP contribution >= 0.6 is 0 Å². The maximum absolute atomic E-state index is 13.0. The van der Waals surface area contributed by atoms with Crippen LogP contribution in [0.1, 0.15) is 49.8 Å². The van der Waals surface area contributed by atoms with Gasteiger partial charge in [0.1, 0.15) is 5.69 Å². The number of methoxy groups -OCH3 is 1. The van der Waals surface area contributed by atoms with Gasteiger partial charge in [0.05, 0.1) is 42.8 Å². The molecule has 1 atom stereocenters. The van der Waals surface area contributed by atoms with Crippen molar-refractivity contribution in [2.75, 3.05) is 25.6 Å². The van der Waals surface area contributed by atoms with Crippen LogP contribution in [0.5, 0.6) is 0 Å². The van der Waals surface area contributed by atoms with Crippen LogP contribution in [-0.4, -0.2) is 52.9 Å². The number of carbonyl (C=O) groups is 3. The first-order valence-corrected chi connectivity index (χ1v) is 10.1. The van der Waals surface area contributed by atoms with E-state index in [0.717, 1.165) is 0 Å². The molecule has 0 aliphatic carbocycles. The summed E-state index contributed by atoms with van der Waals surface area (Å²) in [7, 11) is 1.25. The predicted molar refractivity (Wildman–Crippen MR) is 117 cm³/mol. The first kappa shape index (κ1) is 22.8. The van der Waals surface area contributed by atoms with Gasteiger partial charge in [-0.3, -0.25) is 14.3 Å². The Bertz CT molecular complexity index is 1110. The van der Waals surface area contributed by atoms with E-state index in [1.165, 1.54) is 12.0 Å². The maximum Gasteiger partial charge on any atom is 0.408 e. The smallest absolute Gasteiger partial charge is 0.408 e. The summed E-state index contributed by atoms with van der Waals surface area (Å²) in [5, 5.41) is 19.3. The molecule has 0 unspecified atom stereocenters. The second-order valence-corrected chi connectivity index (χ2v) is 8.64. The number of hydrogen-bond donors (Lipinski definition) is 2. The molecule has 0 spiro atoms. The predicted octanol–water partition coefficient (Wildman–Crippen LogP) is 2.74. The Morgan fingerprint density at radius 2 is 2.03 bits per heavy atom. The number of anilines is 1. The summed E-state index contributed by atoms with van der Waals surface area (Å²) in [6.07, 6.45) is -0.623. The van der Waals surface area contributed by atoms with Crippen molar-refractivity contribution < 1.29 is 19.1 Å². The lowest BCUT2D eigenvalue weighted by molar-refractivity contribution is -0.123. The zero-order valence-corrected chi connectivity index (χ0v) is 18.7. The number of nitriles is 1. The Balaban J connectivity index is 1.97. The minimum absolute atomic E-state index is 0.0140. The molecule has 10 nitrogen and oxygen atoms in total. The van der Waals surface area contributed by atoms with Crippen LogP contribution in [0.3, 0.4) is 0 Å². The largest absolute Gasteiger partial charge is 0.453 e. The van der Waals surface area contributed by atoms with Gasteiger partial charge < -0.3 is 20.3 Å². The Morgan fingerprint density at radius 1 is 1.31 bits per heavy atom. The monoisotopic (exact) mass is 438 g/mol. The van der Waals surface area contributed by atoms with Gasteiger partial charge in [0.2, 0.25) is 5.91 Å². The summed E-state index contributed by atoms with van der Waals surface area (Å²) in [5.41, 5.74) is 1.67. The fourth-order valence-electron chi connectivity index (χ4n) is 3.28. The molecular weight excluding hydrogens is 412 g/mol. The molecule has 1 aliphatic rings. The lowest BCUT2D eigenvalue weighted by atomic mass is 9.95. The molecule has 0 saturated heterocycles. The molecule has 2 heterocycles. The van der Waals surface area contributed by atoms with Crippen molar-refractivity contribution in [3.63, 3.8) is 0 Å². The zero-order valence-electron chi connectivity index (χ0n) is 18.7. The molecule has 3 amide bonds. The van der Waals surface area contributed by atoms with Gasteiger partial charge >= 0.3 is 6.09 Å². The molecule has 0 fully saturated rings. The minimum atomic E-state index is -0.634. The fraction of sp³-hybridized carbons (Fsp3) is 0.409. The maximum atomic E-state index is 13.0. The number of ether oxygens (including phenoxy) is 1. The van der Waals surface area contributed by atoms with Crippen molar-refractivity contribution in [2.24, 2.45) is 5.41 Å². The van der Waals surface area contributed by atoms with Crippen LogP contribution in [0, 0.1) is 16.7 Å². The number of rotatable bonds is 4. The number of carbonyl (C=O) groups excluding carboxylic acids is 3. The van der Waals surface area contributed by atoms with Crippen LogP contribution in [0.15, 0.2) is 24.3 Å². The summed E-state index contributed by atoms with van der Waals surface area (Å²) in [6, 6.07) is 8.52. The molecule has 2 aromatic rings. The van der Waals surface area contributed by atoms with Gasteiger partial charge in [-0.1, -0.05) is 20.8 Å². The molecule has 0 saturated carbocycles. The van der Waals surface area contributed by atoms with Gasteiger partial charge in [0, 0.05) is 17.5 Å². The molecule has 0 radical (unpaired) electrons. The molecule has 1 aromatic heterocycles. The number of nitrogens with zero attached hydrogens (tertiary/aromatic N) is 4. The van der Waals surface area contributed by atoms with Crippen molar-refractivity contribution in [2.45, 2.75) is 33.7 Å². The molecule has 168 valence electrons. The summed E-state index contributed by atoms with van der Waals surface area (Å²) < 4.78 is 6.20. The van der Waals surface area contributed by atoms with Crippen molar-refractivity contribution in [3.05, 3.63) is 35.5 Å². The normalized spacial score (nSPS) is 15.6. The highest BCUT2D eigenvalue weighted by Crippen LogP contribution is 2.32. The summed E-state index contributed by atoms with van der Waals surface area (Å²) in [4.78, 5) is 38.4. The van der Waals surface area contributed by atoms with Gasteiger partial charge in [-0.15, -0.1) is 0 Å². The molecule has 1 aliphatic heterocycles. The number of amides is 3. The van der Waals surface area contributed by atoms with Gasteiger partial charge in [0.25, 0.3) is 5.91 Å². The van der Waals surface area contributed by atoms with E-state index in [-0.39, 0.29) is 24.5 Å². The summed E-state index contributed by atoms with van der Waals surface area (Å²) in [5.74, 6) is -0.491. The number of aromatic nitrogens is 2. The number of fused-ring (bicyclic) bond motifs is 1. The van der Waals surface area contributed by atoms with Gasteiger partial charge in [-0.25, -0.2) is 4.79 Å². The van der Waals surface area contributed by atoms with Crippen molar-refractivity contribution in [1.29, 1.82) is 5.26 Å². The van der Waals surface area contributed by atoms with Crippen molar-refractivity contribution >= 4 is 23.6 Å². The first-order chi connectivity index (χ1) is 15.0. The molecular formula is C22H26N6O4. The highest BCUT2D eigenvalue weighted by Gasteiger charge is 2.32. The Morgan fingerprint density at radius 3 is 2.66 bits per heavy atom. The number of hydrogen-bond acceptors (Lipinski definition) is 6. The Hall–Kier alpha value is -3.87. The second kappa shape index (κ2) is 8.70. The quantitative estimate of drug-likeness (QED) is 0.755. The van der Waals surface area contributed by atoms with E-state index in [4.69, 9.17) is 0 Å². The molecule has 3 rings (SSSR count). The van der Waals surface area contributed by atoms with Crippen LogP contribution in [0.4, 0.5) is 10.5 Å². The Kier molecular flexibility index (Phi) is 6.20. The van der Waals surface area contributed by atoms with E-state index in [0.29, 0.717) is 34.7 Å². The fourth-order valence-corrected chi connectivity index (χ4v) is 3.28. The van der Waals surface area contributed by atoms with E-state index in [1.807, 2.05) is 6.92 Å². The average molecular weight is 438 g/mol. The number of nitrogens with one attached hydrogen (secondary N) is 2. The molecule has 32 heavy (non-hydrogen) atoms. The van der Waals surface area contributed by atoms with Crippen LogP contribution in [-0.2, 0) is 9.53 Å². The third-order valence-electron chi connectivity index (χ3n) is 5.10. The lowest BCUT2D eigenvalue weighted by Crippen LogP contribution is -2.47. The summed E-state index contributed by atoms with van der Waals surface area (Å²) in [6.45, 7) is 7.67. The number of alkyl carbamates (subject to hydrolysis) is 1. The third kappa shape index (κ3) is 4.56. The first-order valence-electron chi connectivity index (χ1n) is 10.1. The summed E-state index contributed by atoms with van der Waals surface area (Å²) >= 11 is 0. The van der Waals surface area contributed by atoms with Crippen LogP contribution in [0.25, 0.3) is 11.3 Å². The standard InChI is InChI=1S/C22H26N6O4/c1-13-11-27(12-24-21(31)32-5)19(29)18-9-17(26-28(13)18)15-7-6-14(10-23)8-16(15)25-20(30)22(2,3)4/h6-9,13H,11-12H2,1-5H3,(H,24,31)(H,25,30)/t13-/m0/s1. The van der Waals surface area contributed by atoms with E-state index in [9.17, 15) is 19.6 Å². The van der Waals surface area contributed by atoms with Gasteiger partial charge in [0.15, 0.2) is 0 Å². The van der Waals surface area contributed by atoms with Gasteiger partial charge in [-0.05, 0) is 31.2 Å². The van der Waals surface area contributed by atoms with E-state index in [2.05, 4.69) is 26.5 Å². The van der Waals surface area contributed by atoms with Crippen molar-refractivity contribution in [1.82, 2.24) is 20.0 Å². The molecule has 2 N–H and O–H groups in total.